The van der Waals surface area contributed by atoms with Gasteiger partial charge in [-0.2, -0.15) is 0 Å². The number of nitrogens with one attached hydrogen (secondary N) is 5. The third kappa shape index (κ3) is 13.1. The van der Waals surface area contributed by atoms with Crippen LogP contribution in [0.15, 0.2) is 48.5 Å². The van der Waals surface area contributed by atoms with Crippen LogP contribution in [0, 0.1) is 35.5 Å². The van der Waals surface area contributed by atoms with Gasteiger partial charge >= 0.3 is 0 Å². The molecule has 0 spiro atoms. The van der Waals surface area contributed by atoms with Crippen molar-refractivity contribution in [3.63, 3.8) is 0 Å². The van der Waals surface area contributed by atoms with E-state index in [0.29, 0.717) is 45.2 Å². The van der Waals surface area contributed by atoms with Gasteiger partial charge in [-0.15, -0.1) is 0 Å². The number of nitrogens with zero attached hydrogens (tertiary/aromatic N) is 2. The molecule has 10 atom stereocenters. The quantitative estimate of drug-likeness (QED) is 0.122. The van der Waals surface area contributed by atoms with Crippen LogP contribution >= 0.6 is 0 Å². The summed E-state index contributed by atoms with van der Waals surface area (Å²) in [5.41, 5.74) is 4.28. The molecule has 2 aliphatic heterocycles. The Balaban J connectivity index is 0.858. The smallest absolute Gasteiger partial charge is 0.246 e. The van der Waals surface area contributed by atoms with Crippen LogP contribution in [-0.2, 0) is 51.1 Å². The average molecular weight is 1010 g/mol. The Bertz CT molecular complexity index is 2280. The summed E-state index contributed by atoms with van der Waals surface area (Å²) in [6.07, 6.45) is 13.2. The minimum atomic E-state index is -0.677. The van der Waals surface area contributed by atoms with Crippen LogP contribution in [0.5, 0.6) is 0 Å². The van der Waals surface area contributed by atoms with Crippen molar-refractivity contribution in [3.8, 4) is 23.7 Å². The number of hydrogen-bond donors (Lipinski definition) is 5. The van der Waals surface area contributed by atoms with E-state index in [2.05, 4.69) is 62.4 Å². The van der Waals surface area contributed by atoms with Gasteiger partial charge in [-0.05, 0) is 132 Å². The van der Waals surface area contributed by atoms with E-state index in [9.17, 15) is 28.8 Å². The van der Waals surface area contributed by atoms with E-state index in [1.54, 1.807) is 37.7 Å². The van der Waals surface area contributed by atoms with E-state index in [4.69, 9.17) is 9.47 Å². The van der Waals surface area contributed by atoms with Gasteiger partial charge in [0.1, 0.15) is 31.3 Å². The molecule has 15 nitrogen and oxygen atoms in total. The third-order valence-electron chi connectivity index (χ3n) is 17.0. The number of fused-ring (bicyclic) bond motifs is 2. The Morgan fingerprint density at radius 1 is 0.595 bits per heavy atom. The minimum Gasteiger partial charge on any atom is -0.365 e. The van der Waals surface area contributed by atoms with Crippen molar-refractivity contribution in [2.24, 2.45) is 11.8 Å². The predicted octanol–water partition coefficient (Wildman–Crippen LogP) is 4.80. The Hall–Kier alpha value is -5.58. The number of hydrogen-bond acceptors (Lipinski definition) is 10. The van der Waals surface area contributed by atoms with E-state index < -0.39 is 42.3 Å². The second kappa shape index (κ2) is 26.3. The van der Waals surface area contributed by atoms with Crippen molar-refractivity contribution in [1.82, 2.24) is 36.4 Å². The molecule has 2 aromatic rings. The van der Waals surface area contributed by atoms with E-state index in [-0.39, 0.29) is 84.9 Å². The van der Waals surface area contributed by atoms with E-state index in [1.807, 2.05) is 36.4 Å². The average Bonchev–Trinajstić information content (AvgIpc) is 4.26. The van der Waals surface area contributed by atoms with Gasteiger partial charge in [-0.25, -0.2) is 0 Å². The first-order valence-electron chi connectivity index (χ1n) is 27.7. The Kier molecular flexibility index (Phi) is 19.4. The lowest BCUT2D eigenvalue weighted by atomic mass is 9.83. The highest BCUT2D eigenvalue weighted by molar-refractivity contribution is 5.95. The first-order valence-corrected chi connectivity index (χ1v) is 27.7. The summed E-state index contributed by atoms with van der Waals surface area (Å²) < 4.78 is 12.7. The van der Waals surface area contributed by atoms with Crippen molar-refractivity contribution in [2.45, 2.75) is 183 Å². The number of ether oxygens (including phenoxy) is 2. The number of likely N-dealkylation sites (tertiary alicyclic amines) is 2. The summed E-state index contributed by atoms with van der Waals surface area (Å²) in [6, 6.07) is 12.3. The summed E-state index contributed by atoms with van der Waals surface area (Å²) in [7, 11) is 3.45. The number of carbonyl (C=O) groups excluding carboxylic acids is 6. The molecule has 5 N–H and O–H groups in total. The van der Waals surface area contributed by atoms with Gasteiger partial charge in [0.25, 0.3) is 0 Å². The van der Waals surface area contributed by atoms with Gasteiger partial charge in [0.15, 0.2) is 5.78 Å². The van der Waals surface area contributed by atoms with Gasteiger partial charge in [0, 0.05) is 31.8 Å². The number of benzene rings is 2. The van der Waals surface area contributed by atoms with Crippen LogP contribution in [0.25, 0.3) is 0 Å². The normalized spacial score (nSPS) is 25.2. The maximum atomic E-state index is 14.4. The Morgan fingerprint density at radius 2 is 1.07 bits per heavy atom. The zero-order valence-corrected chi connectivity index (χ0v) is 44.1. The topological polar surface area (TPSA) is 188 Å². The standard InChI is InChI=1S/C59H79N7O8/c1-38(60-3)55(68)62-52(40-21-9-7-10-22-40)58(71)65-31-19-29-47(65)49(67)37-46-44-27-15-13-25-42(44)35-50(46)73-33-17-5-6-18-34-74-51-36-43-26-14-16-28-45(43)54(51)64-57(70)48-30-20-32-66(48)59(72)53(41-23-11-8-12-24-41)63-56(69)39(2)61-4/h13-16,25-28,38-41,46-48,50-54,60-61H,7-12,19-24,29-37H2,1-4H3,(H,62,68)(H,63,69)(H,64,70)/t38-,39-,46?,47-,48-,50+,51+,52-,53-,54-/m0/s1. The van der Waals surface area contributed by atoms with Crippen LogP contribution in [-0.4, -0.2) is 134 Å². The van der Waals surface area contributed by atoms with Crippen molar-refractivity contribution in [1.29, 1.82) is 0 Å². The minimum absolute atomic E-state index is 0.0171. The van der Waals surface area contributed by atoms with Crippen molar-refractivity contribution in [2.75, 3.05) is 40.4 Å². The molecule has 0 aromatic heterocycles. The van der Waals surface area contributed by atoms with Gasteiger partial charge in [0.05, 0.1) is 36.4 Å². The molecule has 74 heavy (non-hydrogen) atoms. The fourth-order valence-electron chi connectivity index (χ4n) is 12.5. The van der Waals surface area contributed by atoms with Gasteiger partial charge in [-0.3, -0.25) is 28.8 Å². The summed E-state index contributed by atoms with van der Waals surface area (Å²) in [5, 5.41) is 15.4. The van der Waals surface area contributed by atoms with E-state index in [1.165, 1.54) is 0 Å². The molecule has 8 rings (SSSR count). The molecule has 4 fully saturated rings. The van der Waals surface area contributed by atoms with Crippen LogP contribution < -0.4 is 26.6 Å². The van der Waals surface area contributed by atoms with Crippen molar-refractivity contribution < 1.29 is 38.2 Å². The lowest BCUT2D eigenvalue weighted by Crippen LogP contribution is -2.58. The fourth-order valence-corrected chi connectivity index (χ4v) is 12.5. The highest BCUT2D eigenvalue weighted by atomic mass is 16.5. The van der Waals surface area contributed by atoms with Crippen LogP contribution in [0.4, 0.5) is 0 Å². The maximum Gasteiger partial charge on any atom is 0.246 e. The summed E-state index contributed by atoms with van der Waals surface area (Å²) in [5.74, 6) is 10.8. The van der Waals surface area contributed by atoms with Crippen molar-refractivity contribution in [3.05, 3.63) is 70.8 Å². The summed E-state index contributed by atoms with van der Waals surface area (Å²) in [4.78, 5) is 86.9. The number of Topliss-reactive ketones (excluding diaryl/α,β-unsaturated/α-hetero) is 1. The van der Waals surface area contributed by atoms with Gasteiger partial charge < -0.3 is 45.9 Å². The molecule has 398 valence electrons. The van der Waals surface area contributed by atoms with Gasteiger partial charge in [-0.1, -0.05) is 98.9 Å². The lowest BCUT2D eigenvalue weighted by Gasteiger charge is -2.35. The second-order valence-corrected chi connectivity index (χ2v) is 21.5. The molecule has 4 aliphatic carbocycles. The third-order valence-corrected chi connectivity index (χ3v) is 17.0. The Morgan fingerprint density at radius 3 is 1.62 bits per heavy atom. The molecular formula is C59H79N7O8. The highest BCUT2D eigenvalue weighted by Gasteiger charge is 2.45. The molecule has 5 amide bonds. The molecule has 0 radical (unpaired) electrons. The first-order chi connectivity index (χ1) is 36.0. The maximum absolute atomic E-state index is 14.4. The fraction of sp³-hybridized carbons (Fsp3) is 0.627. The number of likely N-dealkylation sites (N-methyl/N-ethyl adjacent to an activating group) is 2. The van der Waals surface area contributed by atoms with Crippen LogP contribution in [0.3, 0.4) is 0 Å². The summed E-state index contributed by atoms with van der Waals surface area (Å²) >= 11 is 0. The molecule has 2 saturated carbocycles. The monoisotopic (exact) mass is 1010 g/mol. The van der Waals surface area contributed by atoms with Crippen LogP contribution in [0.1, 0.15) is 144 Å². The number of ketones is 1. The van der Waals surface area contributed by atoms with Gasteiger partial charge in [0.2, 0.25) is 29.5 Å². The zero-order chi connectivity index (χ0) is 52.1. The molecular weight excluding hydrogens is 935 g/mol. The lowest BCUT2D eigenvalue weighted by molar-refractivity contribution is -0.143. The largest absolute Gasteiger partial charge is 0.365 e. The number of amides is 5. The number of carbonyl (C=O) groups is 6. The SMILES string of the molecule is CN[C@@H](C)C(=O)N[C@H](C(=O)N1CCC[C@H]1C(=O)CC1c2ccccc2C[C@H]1OCC#CC#CCO[C@@H]1Cc2ccccc2[C@@H]1NC(=O)[C@@H]1CCCN1C(=O)[C@@H](NC(=O)[C@H](C)NC)C1CCCCC1)C1CCCCC1. The predicted molar refractivity (Wildman–Crippen MR) is 282 cm³/mol. The highest BCUT2D eigenvalue weighted by Crippen LogP contribution is 2.40. The molecule has 2 aromatic carbocycles. The van der Waals surface area contributed by atoms with E-state index >= 15 is 0 Å². The molecule has 6 aliphatic rings. The summed E-state index contributed by atoms with van der Waals surface area (Å²) in [6.45, 7) is 4.72. The molecule has 15 heteroatoms. The molecule has 0 bridgehead atoms. The van der Waals surface area contributed by atoms with E-state index in [0.717, 1.165) is 92.9 Å². The Labute approximate surface area is 438 Å². The second-order valence-electron chi connectivity index (χ2n) is 21.5. The van der Waals surface area contributed by atoms with Crippen molar-refractivity contribution >= 4 is 35.3 Å². The molecule has 1 unspecified atom stereocenters. The zero-order valence-electron chi connectivity index (χ0n) is 44.1. The molecule has 2 heterocycles. The van der Waals surface area contributed by atoms with Crippen LogP contribution in [0.2, 0.25) is 0 Å². The molecule has 2 saturated heterocycles. The first kappa shape index (κ1) is 54.7. The number of rotatable bonds is 19.